The van der Waals surface area contributed by atoms with E-state index in [9.17, 15) is 18.0 Å². The van der Waals surface area contributed by atoms with Crippen molar-refractivity contribution >= 4 is 27.7 Å². The third-order valence-corrected chi connectivity index (χ3v) is 7.37. The van der Waals surface area contributed by atoms with Gasteiger partial charge in [-0.2, -0.15) is 4.31 Å². The molecule has 2 amide bonds. The summed E-state index contributed by atoms with van der Waals surface area (Å²) in [7, 11) is -3.74. The van der Waals surface area contributed by atoms with Crippen LogP contribution < -0.4 is 9.64 Å². The van der Waals surface area contributed by atoms with Crippen molar-refractivity contribution in [3.63, 3.8) is 0 Å². The maximum atomic E-state index is 13.1. The second kappa shape index (κ2) is 7.42. The van der Waals surface area contributed by atoms with Crippen molar-refractivity contribution in [3.05, 3.63) is 18.2 Å². The van der Waals surface area contributed by atoms with Crippen LogP contribution in [-0.2, 0) is 19.6 Å². The molecular formula is C20H27N3O6S. The first-order valence-electron chi connectivity index (χ1n) is 10.1. The predicted octanol–water partition coefficient (Wildman–Crippen LogP) is 1.82. The van der Waals surface area contributed by atoms with Gasteiger partial charge in [0.1, 0.15) is 18.0 Å². The van der Waals surface area contributed by atoms with Crippen molar-refractivity contribution in [2.24, 2.45) is 0 Å². The molecule has 0 aliphatic carbocycles. The van der Waals surface area contributed by atoms with Crippen LogP contribution in [0.2, 0.25) is 0 Å². The first kappa shape index (κ1) is 20.9. The summed E-state index contributed by atoms with van der Waals surface area (Å²) in [5.74, 6) is 0.452. The van der Waals surface area contributed by atoms with Gasteiger partial charge in [-0.1, -0.05) is 0 Å². The molecule has 4 rings (SSSR count). The molecule has 0 spiro atoms. The molecule has 3 heterocycles. The molecule has 1 aromatic carbocycles. The summed E-state index contributed by atoms with van der Waals surface area (Å²) in [5, 5.41) is 0. The number of hydrogen-bond acceptors (Lipinski definition) is 6. The van der Waals surface area contributed by atoms with Gasteiger partial charge >= 0.3 is 6.09 Å². The number of carbonyl (C=O) groups excluding carboxylic acids is 2. The van der Waals surface area contributed by atoms with Crippen molar-refractivity contribution in [1.29, 1.82) is 0 Å². The molecule has 2 fully saturated rings. The van der Waals surface area contributed by atoms with E-state index in [1.165, 1.54) is 21.3 Å². The fourth-order valence-electron chi connectivity index (χ4n) is 3.97. The lowest BCUT2D eigenvalue weighted by Crippen LogP contribution is -2.51. The zero-order valence-corrected chi connectivity index (χ0v) is 18.3. The second-order valence-corrected chi connectivity index (χ2v) is 10.7. The van der Waals surface area contributed by atoms with Gasteiger partial charge in [0, 0.05) is 38.7 Å². The van der Waals surface area contributed by atoms with E-state index in [1.807, 2.05) is 0 Å². The number of fused-ring (bicyclic) bond motifs is 3. The van der Waals surface area contributed by atoms with Gasteiger partial charge in [-0.3, -0.25) is 4.79 Å². The smallest absolute Gasteiger partial charge is 0.410 e. The Morgan fingerprint density at radius 3 is 2.53 bits per heavy atom. The van der Waals surface area contributed by atoms with E-state index in [2.05, 4.69) is 0 Å². The molecule has 164 valence electrons. The lowest BCUT2D eigenvalue weighted by molar-refractivity contribution is -0.117. The number of anilines is 1. The summed E-state index contributed by atoms with van der Waals surface area (Å²) in [6.45, 7) is 6.65. The second-order valence-electron chi connectivity index (χ2n) is 8.77. The molecule has 0 radical (unpaired) electrons. The van der Waals surface area contributed by atoms with Gasteiger partial charge in [-0.15, -0.1) is 0 Å². The third-order valence-electron chi connectivity index (χ3n) is 5.48. The monoisotopic (exact) mass is 437 g/mol. The Hall–Kier alpha value is -2.33. The van der Waals surface area contributed by atoms with Gasteiger partial charge in [0.25, 0.3) is 0 Å². The normalized spacial score (nSPS) is 22.4. The molecule has 0 bridgehead atoms. The van der Waals surface area contributed by atoms with E-state index in [-0.39, 0.29) is 43.0 Å². The first-order valence-corrected chi connectivity index (χ1v) is 11.6. The molecule has 2 saturated heterocycles. The highest BCUT2D eigenvalue weighted by Gasteiger charge is 2.38. The SMILES string of the molecule is CC(C)(C)OC(=O)N1CCN(S(=O)(=O)c2ccc3c(c2)OCC2CCC(=O)N32)CC1. The number of sulfonamides is 1. The molecule has 10 heteroatoms. The minimum Gasteiger partial charge on any atom is -0.489 e. The van der Waals surface area contributed by atoms with Gasteiger partial charge in [0.05, 0.1) is 16.6 Å². The van der Waals surface area contributed by atoms with Gasteiger partial charge in [0.2, 0.25) is 15.9 Å². The number of benzene rings is 1. The van der Waals surface area contributed by atoms with Crippen LogP contribution in [0.25, 0.3) is 0 Å². The zero-order chi connectivity index (χ0) is 21.7. The summed E-state index contributed by atoms with van der Waals surface area (Å²) in [6, 6.07) is 4.68. The van der Waals surface area contributed by atoms with Crippen molar-refractivity contribution in [3.8, 4) is 5.75 Å². The molecule has 3 aliphatic rings. The average molecular weight is 438 g/mol. The van der Waals surface area contributed by atoms with E-state index in [4.69, 9.17) is 9.47 Å². The maximum Gasteiger partial charge on any atom is 0.410 e. The highest BCUT2D eigenvalue weighted by atomic mass is 32.2. The van der Waals surface area contributed by atoms with Crippen LogP contribution in [-0.4, -0.2) is 74.1 Å². The van der Waals surface area contributed by atoms with E-state index in [0.29, 0.717) is 24.5 Å². The van der Waals surface area contributed by atoms with E-state index < -0.39 is 21.7 Å². The quantitative estimate of drug-likeness (QED) is 0.700. The van der Waals surface area contributed by atoms with Crippen molar-refractivity contribution in [2.45, 2.75) is 50.2 Å². The number of piperazine rings is 1. The summed E-state index contributed by atoms with van der Waals surface area (Å²) in [4.78, 5) is 27.7. The highest BCUT2D eigenvalue weighted by Crippen LogP contribution is 2.40. The van der Waals surface area contributed by atoms with Crippen LogP contribution in [0, 0.1) is 0 Å². The molecule has 0 saturated carbocycles. The Kier molecular flexibility index (Phi) is 5.17. The molecule has 9 nitrogen and oxygen atoms in total. The van der Waals surface area contributed by atoms with E-state index >= 15 is 0 Å². The molecule has 3 aliphatic heterocycles. The molecule has 1 aromatic rings. The van der Waals surface area contributed by atoms with Crippen LogP contribution >= 0.6 is 0 Å². The number of carbonyl (C=O) groups is 2. The van der Waals surface area contributed by atoms with Crippen LogP contribution in [0.5, 0.6) is 5.75 Å². The summed E-state index contributed by atoms with van der Waals surface area (Å²) >= 11 is 0. The van der Waals surface area contributed by atoms with Crippen LogP contribution in [0.3, 0.4) is 0 Å². The van der Waals surface area contributed by atoms with Crippen molar-refractivity contribution < 1.29 is 27.5 Å². The molecule has 1 unspecified atom stereocenters. The maximum absolute atomic E-state index is 13.1. The summed E-state index contributed by atoms with van der Waals surface area (Å²) in [6.07, 6.45) is 0.793. The molecule has 0 aromatic heterocycles. The summed E-state index contributed by atoms with van der Waals surface area (Å²) in [5.41, 5.74) is 0.0292. The highest BCUT2D eigenvalue weighted by molar-refractivity contribution is 7.89. The molecule has 30 heavy (non-hydrogen) atoms. The van der Waals surface area contributed by atoms with E-state index in [1.54, 1.807) is 31.7 Å². The third kappa shape index (κ3) is 3.85. The van der Waals surface area contributed by atoms with E-state index in [0.717, 1.165) is 6.42 Å². The number of hydrogen-bond donors (Lipinski definition) is 0. The number of ether oxygens (including phenoxy) is 2. The Bertz CT molecular complexity index is 963. The van der Waals surface area contributed by atoms with Gasteiger partial charge in [-0.25, -0.2) is 13.2 Å². The van der Waals surface area contributed by atoms with Crippen LogP contribution in [0.1, 0.15) is 33.6 Å². The van der Waals surface area contributed by atoms with Crippen molar-refractivity contribution in [1.82, 2.24) is 9.21 Å². The number of amides is 2. The predicted molar refractivity (Wildman–Crippen MR) is 109 cm³/mol. The topological polar surface area (TPSA) is 96.5 Å². The average Bonchev–Trinajstić information content (AvgIpc) is 3.07. The Morgan fingerprint density at radius 1 is 1.17 bits per heavy atom. The minimum atomic E-state index is -3.74. The Balaban J connectivity index is 1.47. The van der Waals surface area contributed by atoms with Crippen LogP contribution in [0.15, 0.2) is 23.1 Å². The lowest BCUT2D eigenvalue weighted by atomic mass is 10.2. The lowest BCUT2D eigenvalue weighted by Gasteiger charge is -2.35. The van der Waals surface area contributed by atoms with Gasteiger partial charge in [-0.05, 0) is 39.3 Å². The molecular weight excluding hydrogens is 410 g/mol. The largest absolute Gasteiger partial charge is 0.489 e. The first-order chi connectivity index (χ1) is 14.1. The number of nitrogens with zero attached hydrogens (tertiary/aromatic N) is 3. The van der Waals surface area contributed by atoms with Crippen molar-refractivity contribution in [2.75, 3.05) is 37.7 Å². The Labute approximate surface area is 176 Å². The number of rotatable bonds is 2. The fourth-order valence-corrected chi connectivity index (χ4v) is 5.41. The summed E-state index contributed by atoms with van der Waals surface area (Å²) < 4.78 is 38.7. The fraction of sp³-hybridized carbons (Fsp3) is 0.600. The zero-order valence-electron chi connectivity index (χ0n) is 17.5. The minimum absolute atomic E-state index is 0.0217. The van der Waals surface area contributed by atoms with Crippen LogP contribution in [0.4, 0.5) is 10.5 Å². The van der Waals surface area contributed by atoms with Gasteiger partial charge in [0.15, 0.2) is 0 Å². The molecule has 1 atom stereocenters. The standard InChI is InChI=1S/C20H27N3O6S/c1-20(2,3)29-19(25)21-8-10-22(11-9-21)30(26,27)15-5-6-16-17(12-15)28-13-14-4-7-18(24)23(14)16/h5-6,12,14H,4,7-11,13H2,1-3H3. The Morgan fingerprint density at radius 2 is 1.87 bits per heavy atom. The molecule has 0 N–H and O–H groups in total. The van der Waals surface area contributed by atoms with Gasteiger partial charge < -0.3 is 19.3 Å².